The molecule has 0 aliphatic carbocycles. The van der Waals surface area contributed by atoms with Crippen molar-refractivity contribution in [2.45, 2.75) is 25.0 Å². The summed E-state index contributed by atoms with van der Waals surface area (Å²) in [4.78, 5) is 46.3. The van der Waals surface area contributed by atoms with Gasteiger partial charge in [0.25, 0.3) is 17.6 Å². The van der Waals surface area contributed by atoms with E-state index in [1.807, 2.05) is 13.0 Å². The van der Waals surface area contributed by atoms with Crippen molar-refractivity contribution in [1.82, 2.24) is 9.80 Å². The molecule has 37 heavy (non-hydrogen) atoms. The molecule has 1 N–H and O–H groups in total. The molecule has 2 aromatic carbocycles. The van der Waals surface area contributed by atoms with Gasteiger partial charge in [-0.15, -0.1) is 0 Å². The van der Waals surface area contributed by atoms with Crippen LogP contribution in [0.15, 0.2) is 48.0 Å². The molecule has 2 atom stereocenters. The molecule has 6 rings (SSSR count). The summed E-state index contributed by atoms with van der Waals surface area (Å²) in [6.45, 7) is 5.19. The highest BCUT2D eigenvalue weighted by Crippen LogP contribution is 2.53. The maximum Gasteiger partial charge on any atom is 0.296 e. The molecule has 2 amide bonds. The summed E-state index contributed by atoms with van der Waals surface area (Å²) < 4.78 is 11.2. The van der Waals surface area contributed by atoms with Gasteiger partial charge in [0.15, 0.2) is 5.54 Å². The van der Waals surface area contributed by atoms with Crippen molar-refractivity contribution in [1.29, 1.82) is 0 Å². The Hall–Kier alpha value is -3.69. The van der Waals surface area contributed by atoms with Crippen LogP contribution in [-0.2, 0) is 31.1 Å². The number of rotatable bonds is 4. The number of aliphatic hydroxyl groups excluding tert-OH is 1. The lowest BCUT2D eigenvalue weighted by molar-refractivity contribution is -0.144. The summed E-state index contributed by atoms with van der Waals surface area (Å²) in [5.41, 5.74) is 0.479. The van der Waals surface area contributed by atoms with Gasteiger partial charge in [0, 0.05) is 56.5 Å². The molecule has 2 saturated heterocycles. The predicted octanol–water partition coefficient (Wildman–Crippen LogP) is 1.89. The number of fused-ring (bicyclic) bond motifs is 3. The van der Waals surface area contributed by atoms with Gasteiger partial charge >= 0.3 is 0 Å². The van der Waals surface area contributed by atoms with Crippen LogP contribution >= 0.6 is 0 Å². The van der Waals surface area contributed by atoms with Crippen molar-refractivity contribution in [3.05, 3.63) is 64.7 Å². The fourth-order valence-corrected chi connectivity index (χ4v) is 6.05. The van der Waals surface area contributed by atoms with E-state index in [2.05, 4.69) is 4.90 Å². The third-order valence-electron chi connectivity index (χ3n) is 7.85. The summed E-state index contributed by atoms with van der Waals surface area (Å²) >= 11 is 0. The number of para-hydroxylation sites is 1. The Balaban J connectivity index is 1.52. The molecular weight excluding hydrogens is 474 g/mol. The third-order valence-corrected chi connectivity index (χ3v) is 7.85. The Morgan fingerprint density at radius 3 is 2.62 bits per heavy atom. The SMILES string of the molecule is C[C@H]1Cc2cc(C(O)=C3C(=O)C(=O)N(CCN4CCOCC4)[C@@]34C(=O)N(C)c3ccccc34)ccc2O1. The lowest BCUT2D eigenvalue weighted by Gasteiger charge is -2.36. The summed E-state index contributed by atoms with van der Waals surface area (Å²) in [5.74, 6) is -1.70. The lowest BCUT2D eigenvalue weighted by atomic mass is 9.81. The maximum atomic E-state index is 14.1. The summed E-state index contributed by atoms with van der Waals surface area (Å²) in [6, 6.07) is 12.3. The van der Waals surface area contributed by atoms with Crippen molar-refractivity contribution in [3.63, 3.8) is 0 Å². The number of carbonyl (C=O) groups excluding carboxylic acids is 3. The van der Waals surface area contributed by atoms with Crippen LogP contribution < -0.4 is 9.64 Å². The van der Waals surface area contributed by atoms with Gasteiger partial charge in [0.2, 0.25) is 0 Å². The standard InChI is InChI=1S/C28H29N3O6/c1-17-15-19-16-18(7-8-22(19)37-17)24(32)23-25(33)26(34)31(10-9-30-11-13-36-14-12-30)28(23)20-5-3-4-6-21(20)29(2)27(28)35/h3-8,16-17,32H,9-15H2,1-2H3/t17-,28+/m0/s1. The number of Topliss-reactive ketones (excluding diaryl/α,β-unsaturated/α-hetero) is 1. The summed E-state index contributed by atoms with van der Waals surface area (Å²) in [6.07, 6.45) is 0.675. The van der Waals surface area contributed by atoms with E-state index in [1.54, 1.807) is 43.4 Å². The molecule has 0 bridgehead atoms. The van der Waals surface area contributed by atoms with E-state index in [-0.39, 0.29) is 24.0 Å². The van der Waals surface area contributed by atoms with E-state index in [1.165, 1.54) is 9.80 Å². The third kappa shape index (κ3) is 3.41. The maximum absolute atomic E-state index is 14.1. The van der Waals surface area contributed by atoms with Gasteiger partial charge in [-0.3, -0.25) is 19.3 Å². The van der Waals surface area contributed by atoms with Crippen molar-refractivity contribution < 1.29 is 29.0 Å². The molecule has 4 heterocycles. The monoisotopic (exact) mass is 503 g/mol. The number of benzene rings is 2. The summed E-state index contributed by atoms with van der Waals surface area (Å²) in [7, 11) is 1.63. The number of likely N-dealkylation sites (N-methyl/N-ethyl adjacent to an activating group) is 1. The van der Waals surface area contributed by atoms with Crippen molar-refractivity contribution in [2.75, 3.05) is 51.3 Å². The topological polar surface area (TPSA) is 99.6 Å². The first-order chi connectivity index (χ1) is 17.8. The number of likely N-dealkylation sites (tertiary alicyclic amines) is 1. The van der Waals surface area contributed by atoms with Gasteiger partial charge in [-0.2, -0.15) is 0 Å². The van der Waals surface area contributed by atoms with Gasteiger partial charge in [-0.1, -0.05) is 18.2 Å². The number of ether oxygens (including phenoxy) is 2. The number of morpholine rings is 1. The first-order valence-corrected chi connectivity index (χ1v) is 12.6. The molecule has 192 valence electrons. The number of aliphatic hydroxyl groups is 1. The van der Waals surface area contributed by atoms with Crippen LogP contribution in [0.25, 0.3) is 5.76 Å². The molecule has 1 spiro atoms. The molecule has 2 aromatic rings. The van der Waals surface area contributed by atoms with E-state index in [0.717, 1.165) is 11.3 Å². The zero-order valence-electron chi connectivity index (χ0n) is 20.9. The van der Waals surface area contributed by atoms with Crippen molar-refractivity contribution >= 4 is 29.0 Å². The van der Waals surface area contributed by atoms with Gasteiger partial charge in [-0.25, -0.2) is 0 Å². The molecule has 4 aliphatic heterocycles. The number of nitrogens with zero attached hydrogens (tertiary/aromatic N) is 3. The quantitative estimate of drug-likeness (QED) is 0.387. The van der Waals surface area contributed by atoms with Crippen molar-refractivity contribution in [3.8, 4) is 5.75 Å². The molecule has 4 aliphatic rings. The Kier molecular flexibility index (Phi) is 5.58. The Bertz CT molecular complexity index is 1350. The number of carbonyl (C=O) groups is 3. The molecule has 0 radical (unpaired) electrons. The fourth-order valence-electron chi connectivity index (χ4n) is 6.05. The number of hydrogen-bond acceptors (Lipinski definition) is 7. The number of anilines is 1. The van der Waals surface area contributed by atoms with E-state index >= 15 is 0 Å². The van der Waals surface area contributed by atoms with Gasteiger partial charge < -0.3 is 24.4 Å². The minimum absolute atomic E-state index is 0.00805. The van der Waals surface area contributed by atoms with Crippen LogP contribution in [0.2, 0.25) is 0 Å². The molecule has 9 nitrogen and oxygen atoms in total. The first kappa shape index (κ1) is 23.7. The van der Waals surface area contributed by atoms with Crippen LogP contribution in [0.1, 0.15) is 23.6 Å². The highest BCUT2D eigenvalue weighted by molar-refractivity contribution is 6.50. The average molecular weight is 504 g/mol. The average Bonchev–Trinajstić information content (AvgIpc) is 3.47. The van der Waals surface area contributed by atoms with E-state index in [0.29, 0.717) is 56.1 Å². The molecular formula is C28H29N3O6. The molecule has 9 heteroatoms. The van der Waals surface area contributed by atoms with Gasteiger partial charge in [0.05, 0.1) is 18.8 Å². The highest BCUT2D eigenvalue weighted by atomic mass is 16.5. The second kappa shape index (κ2) is 8.71. The molecule has 0 unspecified atom stereocenters. The minimum atomic E-state index is -1.74. The highest BCUT2D eigenvalue weighted by Gasteiger charge is 2.66. The Morgan fingerprint density at radius 1 is 1.08 bits per heavy atom. The smallest absolute Gasteiger partial charge is 0.296 e. The second-order valence-electron chi connectivity index (χ2n) is 10.0. The lowest BCUT2D eigenvalue weighted by Crippen LogP contribution is -2.53. The number of amides is 2. The Morgan fingerprint density at radius 2 is 1.84 bits per heavy atom. The molecule has 0 aromatic heterocycles. The normalized spacial score (nSPS) is 26.6. The zero-order chi connectivity index (χ0) is 25.9. The van der Waals surface area contributed by atoms with Crippen molar-refractivity contribution in [2.24, 2.45) is 0 Å². The minimum Gasteiger partial charge on any atom is -0.507 e. The van der Waals surface area contributed by atoms with Gasteiger partial charge in [-0.05, 0) is 36.8 Å². The largest absolute Gasteiger partial charge is 0.507 e. The zero-order valence-corrected chi connectivity index (χ0v) is 20.9. The van der Waals surface area contributed by atoms with E-state index in [9.17, 15) is 19.5 Å². The van der Waals surface area contributed by atoms with Crippen LogP contribution in [-0.4, -0.2) is 85.0 Å². The van der Waals surface area contributed by atoms with Crippen LogP contribution in [0, 0.1) is 0 Å². The van der Waals surface area contributed by atoms with Crippen LogP contribution in [0.4, 0.5) is 5.69 Å². The molecule has 0 saturated carbocycles. The van der Waals surface area contributed by atoms with Crippen LogP contribution in [0.3, 0.4) is 0 Å². The second-order valence-corrected chi connectivity index (χ2v) is 10.0. The number of ketones is 1. The van der Waals surface area contributed by atoms with Crippen LogP contribution in [0.5, 0.6) is 5.75 Å². The summed E-state index contributed by atoms with van der Waals surface area (Å²) in [5, 5.41) is 11.6. The van der Waals surface area contributed by atoms with E-state index < -0.39 is 23.1 Å². The Labute approximate surface area is 214 Å². The van der Waals surface area contributed by atoms with Gasteiger partial charge in [0.1, 0.15) is 17.6 Å². The fraction of sp³-hybridized carbons (Fsp3) is 0.393. The number of hydrogen-bond donors (Lipinski definition) is 1. The molecule has 2 fully saturated rings. The predicted molar refractivity (Wildman–Crippen MR) is 135 cm³/mol. The van der Waals surface area contributed by atoms with E-state index in [4.69, 9.17) is 9.47 Å². The first-order valence-electron chi connectivity index (χ1n) is 12.6.